The van der Waals surface area contributed by atoms with E-state index in [4.69, 9.17) is 10.2 Å². The van der Waals surface area contributed by atoms with Gasteiger partial charge in [0.1, 0.15) is 0 Å². The first-order valence-corrected chi connectivity index (χ1v) is 6.27. The van der Waals surface area contributed by atoms with E-state index >= 15 is 0 Å². The van der Waals surface area contributed by atoms with Gasteiger partial charge in [0, 0.05) is 6.61 Å². The quantitative estimate of drug-likeness (QED) is 0.784. The van der Waals surface area contributed by atoms with Crippen LogP contribution in [0.1, 0.15) is 12.8 Å². The normalized spacial score (nSPS) is 15.3. The van der Waals surface area contributed by atoms with Crippen molar-refractivity contribution in [2.75, 3.05) is 6.61 Å². The molecule has 0 heterocycles. The number of benzene rings is 1. The molecule has 0 unspecified atom stereocenters. The topological polar surface area (TPSA) is 80.4 Å². The van der Waals surface area contributed by atoms with Crippen LogP contribution >= 0.6 is 0 Å². The van der Waals surface area contributed by atoms with Crippen LogP contribution in [0.2, 0.25) is 0 Å². The van der Waals surface area contributed by atoms with E-state index in [1.54, 1.807) is 18.2 Å². The second-order valence-electron chi connectivity index (χ2n) is 3.48. The highest BCUT2D eigenvalue weighted by Gasteiger charge is 2.18. The van der Waals surface area contributed by atoms with Crippen molar-refractivity contribution < 1.29 is 13.5 Å². The predicted molar refractivity (Wildman–Crippen MR) is 57.6 cm³/mol. The van der Waals surface area contributed by atoms with Gasteiger partial charge in [0.25, 0.3) is 0 Å². The molecular formula is C10H15NO3S. The Labute approximate surface area is 89.8 Å². The maximum absolute atomic E-state index is 10.6. The molecule has 1 saturated carbocycles. The minimum absolute atomic E-state index is 0.148. The van der Waals surface area contributed by atoms with Crippen LogP contribution < -0.4 is 5.14 Å². The average Bonchev–Trinajstić information content (AvgIpc) is 3.02. The molecule has 0 radical (unpaired) electrons. The molecule has 5 heteroatoms. The Bertz CT molecular complexity index is 384. The van der Waals surface area contributed by atoms with Crippen LogP contribution in [0.15, 0.2) is 35.2 Å². The van der Waals surface area contributed by atoms with Gasteiger partial charge >= 0.3 is 0 Å². The number of rotatable bonds is 2. The highest BCUT2D eigenvalue weighted by atomic mass is 32.2. The maximum Gasteiger partial charge on any atom is 0.238 e. The van der Waals surface area contributed by atoms with Crippen molar-refractivity contribution in [2.24, 2.45) is 11.1 Å². The molecule has 15 heavy (non-hydrogen) atoms. The molecule has 0 atom stereocenters. The van der Waals surface area contributed by atoms with Gasteiger partial charge in [-0.1, -0.05) is 18.2 Å². The van der Waals surface area contributed by atoms with Crippen LogP contribution in [0.3, 0.4) is 0 Å². The number of sulfonamides is 1. The van der Waals surface area contributed by atoms with Crippen molar-refractivity contribution >= 4 is 10.0 Å². The second-order valence-corrected chi connectivity index (χ2v) is 5.05. The molecule has 3 N–H and O–H groups in total. The van der Waals surface area contributed by atoms with E-state index in [-0.39, 0.29) is 4.90 Å². The van der Waals surface area contributed by atoms with E-state index in [2.05, 4.69) is 0 Å². The lowest BCUT2D eigenvalue weighted by Gasteiger charge is -1.93. The van der Waals surface area contributed by atoms with Gasteiger partial charge in [-0.05, 0) is 30.9 Å². The first-order chi connectivity index (χ1) is 7.04. The van der Waals surface area contributed by atoms with Gasteiger partial charge < -0.3 is 5.11 Å². The molecule has 0 amide bonds. The summed E-state index contributed by atoms with van der Waals surface area (Å²) < 4.78 is 21.2. The van der Waals surface area contributed by atoms with E-state index in [1.807, 2.05) is 0 Å². The first-order valence-electron chi connectivity index (χ1n) is 4.72. The van der Waals surface area contributed by atoms with Crippen molar-refractivity contribution in [1.29, 1.82) is 0 Å². The monoisotopic (exact) mass is 229 g/mol. The molecule has 1 fully saturated rings. The van der Waals surface area contributed by atoms with Gasteiger partial charge in [0.2, 0.25) is 10.0 Å². The Morgan fingerprint density at radius 3 is 2.00 bits per heavy atom. The summed E-state index contributed by atoms with van der Waals surface area (Å²) in [6.45, 7) is 0.417. The summed E-state index contributed by atoms with van der Waals surface area (Å²) in [7, 11) is -3.50. The van der Waals surface area contributed by atoms with Crippen LogP contribution in [-0.2, 0) is 10.0 Å². The van der Waals surface area contributed by atoms with Crippen LogP contribution in [0.5, 0.6) is 0 Å². The standard InChI is InChI=1S/C6H7NO2S.C4H8O/c7-10(8,9)6-4-2-1-3-5-6;5-3-4-1-2-4/h1-5H,(H2,7,8,9);4-5H,1-3H2. The van der Waals surface area contributed by atoms with Crippen molar-refractivity contribution in [3.8, 4) is 0 Å². The van der Waals surface area contributed by atoms with Gasteiger partial charge in [-0.25, -0.2) is 13.6 Å². The molecule has 84 valence electrons. The van der Waals surface area contributed by atoms with Crippen molar-refractivity contribution in [1.82, 2.24) is 0 Å². The smallest absolute Gasteiger partial charge is 0.238 e. The van der Waals surface area contributed by atoms with Crippen molar-refractivity contribution in [2.45, 2.75) is 17.7 Å². The number of aliphatic hydroxyl groups is 1. The average molecular weight is 229 g/mol. The number of primary sulfonamides is 1. The Hall–Kier alpha value is -0.910. The van der Waals surface area contributed by atoms with Gasteiger partial charge in [0.15, 0.2) is 0 Å². The molecule has 1 aromatic rings. The zero-order chi connectivity index (χ0) is 11.3. The van der Waals surface area contributed by atoms with Gasteiger partial charge in [0.05, 0.1) is 4.90 Å². The lowest BCUT2D eigenvalue weighted by Crippen LogP contribution is -2.11. The Morgan fingerprint density at radius 2 is 1.80 bits per heavy atom. The molecule has 0 aromatic heterocycles. The summed E-state index contributed by atoms with van der Waals surface area (Å²) in [5, 5.41) is 13.0. The third-order valence-electron chi connectivity index (χ3n) is 2.03. The summed E-state index contributed by atoms with van der Waals surface area (Å²) in [5.74, 6) is 0.690. The molecule has 0 spiro atoms. The van der Waals surface area contributed by atoms with Gasteiger partial charge in [-0.3, -0.25) is 0 Å². The minimum atomic E-state index is -3.50. The molecule has 2 rings (SSSR count). The third kappa shape index (κ3) is 4.92. The van der Waals surface area contributed by atoms with E-state index in [9.17, 15) is 8.42 Å². The van der Waals surface area contributed by atoms with Crippen LogP contribution in [0.25, 0.3) is 0 Å². The van der Waals surface area contributed by atoms with Crippen LogP contribution in [-0.4, -0.2) is 20.1 Å². The van der Waals surface area contributed by atoms with E-state index in [0.29, 0.717) is 12.5 Å². The lowest BCUT2D eigenvalue weighted by molar-refractivity contribution is 0.277. The largest absolute Gasteiger partial charge is 0.396 e. The molecule has 0 saturated heterocycles. The van der Waals surface area contributed by atoms with Gasteiger partial charge in [-0.2, -0.15) is 0 Å². The highest BCUT2D eigenvalue weighted by molar-refractivity contribution is 7.89. The second kappa shape index (κ2) is 5.25. The zero-order valence-corrected chi connectivity index (χ0v) is 9.15. The van der Waals surface area contributed by atoms with E-state index in [1.165, 1.54) is 25.0 Å². The van der Waals surface area contributed by atoms with E-state index < -0.39 is 10.0 Å². The number of nitrogens with two attached hydrogens (primary N) is 1. The fourth-order valence-electron chi connectivity index (χ4n) is 0.911. The molecule has 1 aromatic carbocycles. The Morgan fingerprint density at radius 1 is 1.27 bits per heavy atom. The van der Waals surface area contributed by atoms with Gasteiger partial charge in [-0.15, -0.1) is 0 Å². The summed E-state index contributed by atoms with van der Waals surface area (Å²) in [5.41, 5.74) is 0. The minimum Gasteiger partial charge on any atom is -0.396 e. The molecule has 1 aliphatic carbocycles. The number of hydrogen-bond acceptors (Lipinski definition) is 3. The van der Waals surface area contributed by atoms with Crippen LogP contribution in [0.4, 0.5) is 0 Å². The highest BCUT2D eigenvalue weighted by Crippen LogP contribution is 2.27. The van der Waals surface area contributed by atoms with E-state index in [0.717, 1.165) is 0 Å². The maximum atomic E-state index is 10.6. The van der Waals surface area contributed by atoms with Crippen LogP contribution in [0, 0.1) is 5.92 Å². The third-order valence-corrected chi connectivity index (χ3v) is 2.96. The lowest BCUT2D eigenvalue weighted by atomic mass is 10.4. The predicted octanol–water partition coefficient (Wildman–Crippen LogP) is 0.723. The summed E-state index contributed by atoms with van der Waals surface area (Å²) in [6, 6.07) is 7.89. The Balaban J connectivity index is 0.000000187. The van der Waals surface area contributed by atoms with Crippen molar-refractivity contribution in [3.63, 3.8) is 0 Å². The molecule has 1 aliphatic rings. The summed E-state index contributed by atoms with van der Waals surface area (Å²) in [6.07, 6.45) is 2.52. The Kier molecular flexibility index (Phi) is 4.26. The number of aliphatic hydroxyl groups excluding tert-OH is 1. The van der Waals surface area contributed by atoms with Crippen molar-refractivity contribution in [3.05, 3.63) is 30.3 Å². The first kappa shape index (κ1) is 12.2. The fraction of sp³-hybridized carbons (Fsp3) is 0.400. The fourth-order valence-corrected chi connectivity index (χ4v) is 1.45. The molecule has 0 aliphatic heterocycles. The zero-order valence-electron chi connectivity index (χ0n) is 8.33. The summed E-state index contributed by atoms with van der Waals surface area (Å²) in [4.78, 5) is 0.148. The SMILES string of the molecule is NS(=O)(=O)c1ccccc1.OCC1CC1. The molecule has 0 bridgehead atoms. The molecular weight excluding hydrogens is 214 g/mol. The molecule has 4 nitrogen and oxygen atoms in total. The number of hydrogen-bond donors (Lipinski definition) is 2. The summed E-state index contributed by atoms with van der Waals surface area (Å²) >= 11 is 0.